The Kier molecular flexibility index (Phi) is 4.55. The molecule has 0 saturated carbocycles. The number of nitrogens with one attached hydrogen (secondary N) is 2. The predicted molar refractivity (Wildman–Crippen MR) is 82.3 cm³/mol. The van der Waals surface area contributed by atoms with Crippen LogP contribution in [-0.2, 0) is 0 Å². The van der Waals surface area contributed by atoms with Crippen LogP contribution >= 0.6 is 0 Å². The van der Waals surface area contributed by atoms with Crippen LogP contribution in [0.15, 0.2) is 36.7 Å². The minimum absolute atomic E-state index is 0.107. The zero-order chi connectivity index (χ0) is 16.2. The van der Waals surface area contributed by atoms with Crippen LogP contribution in [0, 0.1) is 0 Å². The quantitative estimate of drug-likeness (QED) is 0.894. The number of likely N-dealkylation sites (tertiary alicyclic amines) is 1. The Balaban J connectivity index is 1.74. The molecule has 3 rings (SSSR count). The zero-order valence-electron chi connectivity index (χ0n) is 12.5. The van der Waals surface area contributed by atoms with E-state index in [2.05, 4.69) is 15.3 Å². The molecule has 5 nitrogen and oxygen atoms in total. The number of aromatic amines is 1. The van der Waals surface area contributed by atoms with E-state index in [9.17, 15) is 13.6 Å². The van der Waals surface area contributed by atoms with Gasteiger partial charge in [-0.3, -0.25) is 0 Å². The first kappa shape index (κ1) is 15.5. The minimum Gasteiger partial charge on any atom is -0.347 e. The molecule has 2 heterocycles. The highest BCUT2D eigenvalue weighted by Crippen LogP contribution is 2.29. The van der Waals surface area contributed by atoms with Gasteiger partial charge in [0, 0.05) is 30.2 Å². The zero-order valence-corrected chi connectivity index (χ0v) is 12.5. The van der Waals surface area contributed by atoms with Crippen molar-refractivity contribution in [2.45, 2.75) is 31.7 Å². The second-order valence-corrected chi connectivity index (χ2v) is 5.54. The van der Waals surface area contributed by atoms with Crippen molar-refractivity contribution in [1.82, 2.24) is 14.9 Å². The molecule has 1 saturated heterocycles. The van der Waals surface area contributed by atoms with Crippen LogP contribution < -0.4 is 5.32 Å². The summed E-state index contributed by atoms with van der Waals surface area (Å²) in [5.74, 6) is 0.751. The number of amides is 2. The van der Waals surface area contributed by atoms with Crippen molar-refractivity contribution in [3.63, 3.8) is 0 Å². The average Bonchev–Trinajstić information content (AvgIpc) is 3.09. The number of carbonyl (C=O) groups excluding carboxylic acids is 1. The van der Waals surface area contributed by atoms with Crippen molar-refractivity contribution in [3.8, 4) is 0 Å². The van der Waals surface area contributed by atoms with Gasteiger partial charge in [0.1, 0.15) is 5.82 Å². The number of benzene rings is 1. The second-order valence-electron chi connectivity index (χ2n) is 5.54. The molecule has 2 amide bonds. The SMILES string of the molecule is O=C(Nc1cccc(C(F)F)c1)N1CCCCC1c1ncc[nH]1. The Morgan fingerprint density at radius 3 is 3.00 bits per heavy atom. The van der Waals surface area contributed by atoms with Gasteiger partial charge >= 0.3 is 6.03 Å². The number of piperidine rings is 1. The van der Waals surface area contributed by atoms with Gasteiger partial charge in [-0.15, -0.1) is 0 Å². The molecule has 0 bridgehead atoms. The first-order chi connectivity index (χ1) is 11.1. The molecule has 2 aromatic rings. The molecular formula is C16H18F2N4O. The molecule has 1 aliphatic heterocycles. The third-order valence-corrected chi connectivity index (χ3v) is 3.99. The molecule has 122 valence electrons. The van der Waals surface area contributed by atoms with E-state index in [1.165, 1.54) is 18.2 Å². The number of halogens is 2. The summed E-state index contributed by atoms with van der Waals surface area (Å²) in [6, 6.07) is 5.35. The van der Waals surface area contributed by atoms with Gasteiger partial charge in [0.25, 0.3) is 6.43 Å². The molecule has 0 radical (unpaired) electrons. The molecule has 1 atom stereocenters. The predicted octanol–water partition coefficient (Wildman–Crippen LogP) is 4.11. The number of anilines is 1. The fraction of sp³-hybridized carbons (Fsp3) is 0.375. The van der Waals surface area contributed by atoms with Gasteiger partial charge in [0.15, 0.2) is 0 Å². The maximum Gasteiger partial charge on any atom is 0.322 e. The number of rotatable bonds is 3. The van der Waals surface area contributed by atoms with E-state index in [0.29, 0.717) is 12.2 Å². The Morgan fingerprint density at radius 1 is 1.39 bits per heavy atom. The summed E-state index contributed by atoms with van der Waals surface area (Å²) >= 11 is 0. The number of nitrogens with zero attached hydrogens (tertiary/aromatic N) is 2. The van der Waals surface area contributed by atoms with E-state index in [1.807, 2.05) is 0 Å². The largest absolute Gasteiger partial charge is 0.347 e. The summed E-state index contributed by atoms with van der Waals surface area (Å²) in [6.07, 6.45) is 3.60. The number of hydrogen-bond acceptors (Lipinski definition) is 2. The van der Waals surface area contributed by atoms with E-state index in [-0.39, 0.29) is 17.6 Å². The molecule has 1 aromatic carbocycles. The second kappa shape index (κ2) is 6.76. The highest BCUT2D eigenvalue weighted by molar-refractivity contribution is 5.89. The number of H-pyrrole nitrogens is 1. The Hall–Kier alpha value is -2.44. The molecule has 1 aliphatic rings. The van der Waals surface area contributed by atoms with Crippen molar-refractivity contribution < 1.29 is 13.6 Å². The van der Waals surface area contributed by atoms with Crippen molar-refractivity contribution in [3.05, 3.63) is 48.0 Å². The van der Waals surface area contributed by atoms with Crippen LogP contribution in [-0.4, -0.2) is 27.4 Å². The number of imidazole rings is 1. The lowest BCUT2D eigenvalue weighted by molar-refractivity contribution is 0.151. The van der Waals surface area contributed by atoms with Crippen molar-refractivity contribution in [1.29, 1.82) is 0 Å². The number of alkyl halides is 2. The highest BCUT2D eigenvalue weighted by atomic mass is 19.3. The fourth-order valence-corrected chi connectivity index (χ4v) is 2.87. The average molecular weight is 320 g/mol. The number of carbonyl (C=O) groups is 1. The maximum atomic E-state index is 12.8. The Labute approximate surface area is 132 Å². The smallest absolute Gasteiger partial charge is 0.322 e. The van der Waals surface area contributed by atoms with E-state index in [0.717, 1.165) is 25.1 Å². The lowest BCUT2D eigenvalue weighted by Crippen LogP contribution is -2.41. The van der Waals surface area contributed by atoms with Gasteiger partial charge < -0.3 is 15.2 Å². The third kappa shape index (κ3) is 3.49. The topological polar surface area (TPSA) is 61.0 Å². The van der Waals surface area contributed by atoms with Crippen LogP contribution in [0.3, 0.4) is 0 Å². The highest BCUT2D eigenvalue weighted by Gasteiger charge is 2.29. The number of hydrogen-bond donors (Lipinski definition) is 2. The number of aromatic nitrogens is 2. The van der Waals surface area contributed by atoms with Gasteiger partial charge in [-0.1, -0.05) is 12.1 Å². The molecule has 1 fully saturated rings. The molecular weight excluding hydrogens is 302 g/mol. The lowest BCUT2D eigenvalue weighted by atomic mass is 10.0. The summed E-state index contributed by atoms with van der Waals surface area (Å²) in [5.41, 5.74) is 0.264. The van der Waals surface area contributed by atoms with Crippen LogP contribution in [0.1, 0.15) is 43.1 Å². The Bertz CT molecular complexity index is 660. The fourth-order valence-electron chi connectivity index (χ4n) is 2.87. The standard InChI is InChI=1S/C16H18F2N4O/c17-14(18)11-4-3-5-12(10-11)21-16(23)22-9-2-1-6-13(22)15-19-7-8-20-15/h3-5,7-8,10,13-14H,1-2,6,9H2,(H,19,20)(H,21,23). The lowest BCUT2D eigenvalue weighted by Gasteiger charge is -2.34. The van der Waals surface area contributed by atoms with E-state index < -0.39 is 6.43 Å². The summed E-state index contributed by atoms with van der Waals surface area (Å²) in [7, 11) is 0. The van der Waals surface area contributed by atoms with Crippen molar-refractivity contribution in [2.75, 3.05) is 11.9 Å². The van der Waals surface area contributed by atoms with Gasteiger partial charge in [-0.25, -0.2) is 18.6 Å². The molecule has 2 N–H and O–H groups in total. The van der Waals surface area contributed by atoms with E-state index in [1.54, 1.807) is 23.4 Å². The summed E-state index contributed by atoms with van der Waals surface area (Å²) in [5, 5.41) is 2.71. The summed E-state index contributed by atoms with van der Waals surface area (Å²) < 4.78 is 25.5. The molecule has 7 heteroatoms. The third-order valence-electron chi connectivity index (χ3n) is 3.99. The molecule has 1 unspecified atom stereocenters. The van der Waals surface area contributed by atoms with Crippen molar-refractivity contribution >= 4 is 11.7 Å². The van der Waals surface area contributed by atoms with Gasteiger partial charge in [-0.05, 0) is 31.4 Å². The molecule has 0 spiro atoms. The maximum absolute atomic E-state index is 12.8. The molecule has 1 aromatic heterocycles. The van der Waals surface area contributed by atoms with Crippen molar-refractivity contribution in [2.24, 2.45) is 0 Å². The van der Waals surface area contributed by atoms with Gasteiger partial charge in [0.2, 0.25) is 0 Å². The normalized spacial score (nSPS) is 18.2. The van der Waals surface area contributed by atoms with Crippen LogP contribution in [0.25, 0.3) is 0 Å². The summed E-state index contributed by atoms with van der Waals surface area (Å²) in [6.45, 7) is 0.617. The Morgan fingerprint density at radius 2 is 2.26 bits per heavy atom. The monoisotopic (exact) mass is 320 g/mol. The van der Waals surface area contributed by atoms with Gasteiger partial charge in [0.05, 0.1) is 6.04 Å². The molecule has 23 heavy (non-hydrogen) atoms. The minimum atomic E-state index is -2.56. The summed E-state index contributed by atoms with van der Waals surface area (Å²) in [4.78, 5) is 21.5. The molecule has 0 aliphatic carbocycles. The first-order valence-corrected chi connectivity index (χ1v) is 7.60. The van der Waals surface area contributed by atoms with E-state index in [4.69, 9.17) is 0 Å². The van der Waals surface area contributed by atoms with E-state index >= 15 is 0 Å². The first-order valence-electron chi connectivity index (χ1n) is 7.60. The van der Waals surface area contributed by atoms with Crippen LogP contribution in [0.4, 0.5) is 19.3 Å². The number of urea groups is 1. The van der Waals surface area contributed by atoms with Gasteiger partial charge in [-0.2, -0.15) is 0 Å². The van der Waals surface area contributed by atoms with Crippen LogP contribution in [0.5, 0.6) is 0 Å². The van der Waals surface area contributed by atoms with Crippen LogP contribution in [0.2, 0.25) is 0 Å².